The number of rotatable bonds is 9. The minimum Gasteiger partial charge on any atom is -0.491 e. The molecule has 0 aliphatic carbocycles. The van der Waals surface area contributed by atoms with E-state index in [0.717, 1.165) is 21.8 Å². The van der Waals surface area contributed by atoms with Gasteiger partial charge >= 0.3 is 5.97 Å². The lowest BCUT2D eigenvalue weighted by atomic mass is 9.99. The SMILES string of the molecule is CC(C)NC[C@@H](COc1ccc2[nH]c3ccccc3c2c1)O[C@@H]1O[C@H](C(=O)O)[C@@H](O)[C@H](O)[C@H]1O. The lowest BCUT2D eigenvalue weighted by Gasteiger charge is -2.39. The monoisotopic (exact) mass is 474 g/mol. The average Bonchev–Trinajstić information content (AvgIpc) is 3.18. The summed E-state index contributed by atoms with van der Waals surface area (Å²) in [6.45, 7) is 4.29. The van der Waals surface area contributed by atoms with E-state index in [1.807, 2.05) is 56.3 Å². The Morgan fingerprint density at radius 1 is 1.06 bits per heavy atom. The zero-order valence-electron chi connectivity index (χ0n) is 18.9. The number of H-pyrrole nitrogens is 1. The van der Waals surface area contributed by atoms with Crippen molar-refractivity contribution < 1.29 is 39.4 Å². The van der Waals surface area contributed by atoms with Crippen LogP contribution in [0.1, 0.15) is 13.8 Å². The van der Waals surface area contributed by atoms with E-state index in [4.69, 9.17) is 14.2 Å². The number of aromatic amines is 1. The number of fused-ring (bicyclic) bond motifs is 3. The van der Waals surface area contributed by atoms with Gasteiger partial charge in [-0.25, -0.2) is 4.79 Å². The molecule has 6 atom stereocenters. The number of carboxylic acids is 1. The van der Waals surface area contributed by atoms with Gasteiger partial charge in [0.15, 0.2) is 12.4 Å². The number of para-hydroxylation sites is 1. The Hall–Kier alpha value is -2.73. The Morgan fingerprint density at radius 2 is 1.79 bits per heavy atom. The molecule has 1 aliphatic heterocycles. The third-order valence-corrected chi connectivity index (χ3v) is 5.81. The maximum absolute atomic E-state index is 11.4. The fourth-order valence-electron chi connectivity index (χ4n) is 3.97. The summed E-state index contributed by atoms with van der Waals surface area (Å²) < 4.78 is 17.1. The van der Waals surface area contributed by atoms with Gasteiger partial charge in [-0.1, -0.05) is 32.0 Å². The van der Waals surface area contributed by atoms with Crippen LogP contribution in [0.3, 0.4) is 0 Å². The van der Waals surface area contributed by atoms with Gasteiger partial charge in [0.1, 0.15) is 36.8 Å². The maximum Gasteiger partial charge on any atom is 0.335 e. The third kappa shape index (κ3) is 5.17. The molecule has 0 spiro atoms. The van der Waals surface area contributed by atoms with Gasteiger partial charge in [0, 0.05) is 34.4 Å². The average molecular weight is 475 g/mol. The van der Waals surface area contributed by atoms with E-state index >= 15 is 0 Å². The molecule has 34 heavy (non-hydrogen) atoms. The highest BCUT2D eigenvalue weighted by Gasteiger charge is 2.48. The topological polar surface area (TPSA) is 154 Å². The standard InChI is InChI=1S/C24H30N2O8/c1-12(2)25-10-14(33-24-21(29)19(27)20(28)22(34-24)23(30)31)11-32-13-7-8-18-16(9-13)15-5-3-4-6-17(15)26-18/h3-9,12,14,19-22,24-29H,10-11H2,1-2H3,(H,30,31)/t14-,19-,20-,21+,22-,24+/m0/s1. The Morgan fingerprint density at radius 3 is 2.53 bits per heavy atom. The van der Waals surface area contributed by atoms with Crippen LogP contribution in [0.2, 0.25) is 0 Å². The van der Waals surface area contributed by atoms with Crippen molar-refractivity contribution in [2.45, 2.75) is 56.7 Å². The minimum absolute atomic E-state index is 0.0660. The first-order valence-electron chi connectivity index (χ1n) is 11.2. The van der Waals surface area contributed by atoms with Crippen molar-refractivity contribution in [3.05, 3.63) is 42.5 Å². The van der Waals surface area contributed by atoms with Crippen LogP contribution in [0.4, 0.5) is 0 Å². The van der Waals surface area contributed by atoms with Crippen molar-refractivity contribution in [1.82, 2.24) is 10.3 Å². The van der Waals surface area contributed by atoms with E-state index in [0.29, 0.717) is 12.3 Å². The highest BCUT2D eigenvalue weighted by molar-refractivity contribution is 6.07. The van der Waals surface area contributed by atoms with Crippen LogP contribution < -0.4 is 10.1 Å². The van der Waals surface area contributed by atoms with Crippen LogP contribution in [-0.2, 0) is 14.3 Å². The second-order valence-corrected chi connectivity index (χ2v) is 8.75. The molecule has 0 saturated carbocycles. The fourth-order valence-corrected chi connectivity index (χ4v) is 3.97. The Labute approximate surface area is 196 Å². The lowest BCUT2D eigenvalue weighted by molar-refractivity contribution is -0.305. The predicted molar refractivity (Wildman–Crippen MR) is 124 cm³/mol. The van der Waals surface area contributed by atoms with Crippen LogP contribution in [0.25, 0.3) is 21.8 Å². The molecule has 3 aromatic rings. The third-order valence-electron chi connectivity index (χ3n) is 5.81. The Balaban J connectivity index is 1.49. The molecule has 0 radical (unpaired) electrons. The molecule has 1 aliphatic rings. The van der Waals surface area contributed by atoms with E-state index in [-0.39, 0.29) is 12.6 Å². The molecule has 4 rings (SSSR count). The van der Waals surface area contributed by atoms with Crippen molar-refractivity contribution in [1.29, 1.82) is 0 Å². The van der Waals surface area contributed by atoms with Crippen LogP contribution in [0, 0.1) is 0 Å². The van der Waals surface area contributed by atoms with E-state index in [1.165, 1.54) is 0 Å². The summed E-state index contributed by atoms with van der Waals surface area (Å²) in [5.41, 5.74) is 2.00. The van der Waals surface area contributed by atoms with Crippen molar-refractivity contribution in [2.75, 3.05) is 13.2 Å². The first kappa shape index (κ1) is 24.4. The van der Waals surface area contributed by atoms with Gasteiger partial charge in [-0.15, -0.1) is 0 Å². The summed E-state index contributed by atoms with van der Waals surface area (Å²) in [6.07, 6.45) is -8.99. The van der Waals surface area contributed by atoms with Gasteiger partial charge in [-0.2, -0.15) is 0 Å². The van der Waals surface area contributed by atoms with E-state index in [2.05, 4.69) is 10.3 Å². The molecule has 0 amide bonds. The Kier molecular flexibility index (Phi) is 7.36. The van der Waals surface area contributed by atoms with Crippen molar-refractivity contribution in [3.63, 3.8) is 0 Å². The molecule has 184 valence electrons. The molecule has 2 heterocycles. The number of hydrogen-bond donors (Lipinski definition) is 6. The molecule has 1 saturated heterocycles. The largest absolute Gasteiger partial charge is 0.491 e. The molecule has 2 aromatic carbocycles. The number of carbonyl (C=O) groups is 1. The number of hydrogen-bond acceptors (Lipinski definition) is 8. The van der Waals surface area contributed by atoms with Crippen molar-refractivity contribution >= 4 is 27.8 Å². The van der Waals surface area contributed by atoms with Crippen molar-refractivity contribution in [2.24, 2.45) is 0 Å². The summed E-state index contributed by atoms with van der Waals surface area (Å²) in [4.78, 5) is 14.7. The second-order valence-electron chi connectivity index (χ2n) is 8.75. The van der Waals surface area contributed by atoms with Crippen LogP contribution in [-0.4, -0.2) is 87.4 Å². The lowest BCUT2D eigenvalue weighted by Crippen LogP contribution is -2.61. The summed E-state index contributed by atoms with van der Waals surface area (Å²) in [5.74, 6) is -0.855. The molecular formula is C24H30N2O8. The van der Waals surface area contributed by atoms with Gasteiger partial charge < -0.3 is 44.9 Å². The highest BCUT2D eigenvalue weighted by Crippen LogP contribution is 2.29. The predicted octanol–water partition coefficient (Wildman–Crippen LogP) is 0.975. The van der Waals surface area contributed by atoms with Gasteiger partial charge in [0.2, 0.25) is 0 Å². The molecule has 0 bridgehead atoms. The molecule has 6 N–H and O–H groups in total. The van der Waals surface area contributed by atoms with Gasteiger partial charge in [-0.3, -0.25) is 0 Å². The second kappa shape index (κ2) is 10.3. The Bertz CT molecular complexity index is 1130. The summed E-state index contributed by atoms with van der Waals surface area (Å²) in [5, 5.41) is 44.8. The smallest absolute Gasteiger partial charge is 0.335 e. The molecule has 10 nitrogen and oxygen atoms in total. The quantitative estimate of drug-likeness (QED) is 0.266. The number of carboxylic acid groups (broad SMARTS) is 1. The highest BCUT2D eigenvalue weighted by atomic mass is 16.7. The maximum atomic E-state index is 11.4. The molecular weight excluding hydrogens is 444 g/mol. The van der Waals surface area contributed by atoms with Crippen LogP contribution >= 0.6 is 0 Å². The fraction of sp³-hybridized carbons (Fsp3) is 0.458. The van der Waals surface area contributed by atoms with Gasteiger partial charge in [0.05, 0.1) is 0 Å². The number of benzene rings is 2. The number of aromatic nitrogens is 1. The zero-order chi connectivity index (χ0) is 24.4. The number of ether oxygens (including phenoxy) is 3. The first-order valence-corrected chi connectivity index (χ1v) is 11.2. The minimum atomic E-state index is -1.78. The van der Waals surface area contributed by atoms with Crippen LogP contribution in [0.15, 0.2) is 42.5 Å². The molecule has 1 fully saturated rings. The summed E-state index contributed by atoms with van der Waals surface area (Å²) >= 11 is 0. The van der Waals surface area contributed by atoms with E-state index in [9.17, 15) is 25.2 Å². The molecule has 10 heteroatoms. The zero-order valence-corrected chi connectivity index (χ0v) is 18.9. The first-order chi connectivity index (χ1) is 16.2. The van der Waals surface area contributed by atoms with E-state index in [1.54, 1.807) is 0 Å². The molecule has 0 unspecified atom stereocenters. The number of nitrogens with one attached hydrogen (secondary N) is 2. The summed E-state index contributed by atoms with van der Waals surface area (Å²) in [6, 6.07) is 13.8. The van der Waals surface area contributed by atoms with Gasteiger partial charge in [0.25, 0.3) is 0 Å². The summed E-state index contributed by atoms with van der Waals surface area (Å²) in [7, 11) is 0. The normalized spacial score (nSPS) is 26.2. The number of aliphatic carboxylic acids is 1. The van der Waals surface area contributed by atoms with E-state index < -0.39 is 42.8 Å². The van der Waals surface area contributed by atoms with Gasteiger partial charge in [-0.05, 0) is 24.3 Å². The number of aliphatic hydroxyl groups excluding tert-OH is 3. The van der Waals surface area contributed by atoms with Crippen molar-refractivity contribution in [3.8, 4) is 5.75 Å². The van der Waals surface area contributed by atoms with Crippen LogP contribution in [0.5, 0.6) is 5.75 Å². The molecule has 1 aromatic heterocycles. The number of aliphatic hydroxyl groups is 3.